The van der Waals surface area contributed by atoms with Crippen molar-refractivity contribution in [3.63, 3.8) is 0 Å². The quantitative estimate of drug-likeness (QED) is 0.440. The topological polar surface area (TPSA) is 70.0 Å². The Morgan fingerprint density at radius 3 is 2.32 bits per heavy atom. The molecule has 0 amide bonds. The average Bonchev–Trinajstić information content (AvgIpc) is 3.11. The standard InChI is InChI=1S/C25H21NO4S/c1-26-13-20(14-26)30-19-9-4-15(5-10-19)24(29)23-21-11-8-18(28)12-22(21)31-25(23)16-2-6-17(27)7-3-16/h2-12,20,27-28H,13-14H2,1H3. The third-order valence-corrected chi connectivity index (χ3v) is 6.68. The molecule has 0 atom stereocenters. The monoisotopic (exact) mass is 431 g/mol. The summed E-state index contributed by atoms with van der Waals surface area (Å²) in [5.74, 6) is 1.00. The van der Waals surface area contributed by atoms with Crippen LogP contribution >= 0.6 is 11.3 Å². The Labute approximate surface area is 183 Å². The summed E-state index contributed by atoms with van der Waals surface area (Å²) in [5, 5.41) is 20.4. The number of benzene rings is 3. The smallest absolute Gasteiger partial charge is 0.195 e. The fourth-order valence-corrected chi connectivity index (χ4v) is 5.10. The van der Waals surface area contributed by atoms with Gasteiger partial charge in [-0.2, -0.15) is 0 Å². The van der Waals surface area contributed by atoms with Crippen LogP contribution in [0, 0.1) is 0 Å². The normalized spacial score (nSPS) is 14.5. The second-order valence-electron chi connectivity index (χ2n) is 7.85. The molecule has 4 aromatic rings. The lowest BCUT2D eigenvalue weighted by Crippen LogP contribution is -2.51. The van der Waals surface area contributed by atoms with E-state index in [2.05, 4.69) is 11.9 Å². The van der Waals surface area contributed by atoms with Gasteiger partial charge in [0.05, 0.1) is 0 Å². The van der Waals surface area contributed by atoms with Gasteiger partial charge in [-0.25, -0.2) is 0 Å². The molecule has 0 unspecified atom stereocenters. The molecule has 1 aromatic heterocycles. The Bertz CT molecular complexity index is 1260. The van der Waals surface area contributed by atoms with Crippen LogP contribution in [-0.2, 0) is 0 Å². The number of phenolic OH excluding ortho intramolecular Hbond substituents is 2. The molecule has 1 saturated heterocycles. The van der Waals surface area contributed by atoms with E-state index in [1.807, 2.05) is 12.1 Å². The van der Waals surface area contributed by atoms with Crippen LogP contribution in [0.15, 0.2) is 66.7 Å². The molecule has 1 aliphatic heterocycles. The van der Waals surface area contributed by atoms with Gasteiger partial charge in [-0.15, -0.1) is 11.3 Å². The molecular weight excluding hydrogens is 410 g/mol. The van der Waals surface area contributed by atoms with E-state index in [-0.39, 0.29) is 23.4 Å². The number of thiophene rings is 1. The number of ketones is 1. The number of aromatic hydroxyl groups is 2. The Morgan fingerprint density at radius 1 is 0.968 bits per heavy atom. The van der Waals surface area contributed by atoms with E-state index in [9.17, 15) is 15.0 Å². The highest BCUT2D eigenvalue weighted by molar-refractivity contribution is 7.22. The number of hydrogen-bond acceptors (Lipinski definition) is 6. The molecule has 0 bridgehead atoms. The number of rotatable bonds is 5. The molecule has 2 heterocycles. The van der Waals surface area contributed by atoms with Gasteiger partial charge in [-0.05, 0) is 79.3 Å². The van der Waals surface area contributed by atoms with Crippen molar-refractivity contribution in [1.29, 1.82) is 0 Å². The van der Waals surface area contributed by atoms with E-state index in [0.717, 1.165) is 39.4 Å². The second-order valence-corrected chi connectivity index (χ2v) is 8.90. The first-order chi connectivity index (χ1) is 15.0. The van der Waals surface area contributed by atoms with Gasteiger partial charge < -0.3 is 14.9 Å². The maximum atomic E-state index is 13.6. The van der Waals surface area contributed by atoms with Gasteiger partial charge in [-0.3, -0.25) is 9.69 Å². The molecule has 3 aromatic carbocycles. The van der Waals surface area contributed by atoms with Crippen LogP contribution in [0.3, 0.4) is 0 Å². The number of likely N-dealkylation sites (tertiary alicyclic amines) is 1. The number of hydrogen-bond donors (Lipinski definition) is 2. The van der Waals surface area contributed by atoms with Crippen LogP contribution in [0.5, 0.6) is 17.2 Å². The van der Waals surface area contributed by atoms with Crippen LogP contribution in [0.25, 0.3) is 20.5 Å². The number of ether oxygens (including phenoxy) is 1. The van der Waals surface area contributed by atoms with Crippen molar-refractivity contribution in [3.05, 3.63) is 77.9 Å². The van der Waals surface area contributed by atoms with E-state index in [1.165, 1.54) is 11.3 Å². The summed E-state index contributed by atoms with van der Waals surface area (Å²) in [6.45, 7) is 1.81. The summed E-state index contributed by atoms with van der Waals surface area (Å²) in [6, 6.07) is 19.1. The Hall–Kier alpha value is -3.35. The van der Waals surface area contributed by atoms with Crippen LogP contribution in [0.1, 0.15) is 15.9 Å². The predicted octanol–water partition coefficient (Wildman–Crippen LogP) is 4.90. The molecule has 6 heteroatoms. The minimum absolute atomic E-state index is 0.0880. The first-order valence-electron chi connectivity index (χ1n) is 10.0. The number of phenols is 2. The summed E-state index contributed by atoms with van der Waals surface area (Å²) in [4.78, 5) is 16.6. The second kappa shape index (κ2) is 7.72. The molecule has 0 saturated carbocycles. The molecule has 31 heavy (non-hydrogen) atoms. The van der Waals surface area contributed by atoms with Gasteiger partial charge in [0.2, 0.25) is 0 Å². The lowest BCUT2D eigenvalue weighted by Gasteiger charge is -2.35. The molecule has 1 aliphatic rings. The summed E-state index contributed by atoms with van der Waals surface area (Å²) in [6.07, 6.45) is 0.196. The lowest BCUT2D eigenvalue weighted by atomic mass is 9.97. The van der Waals surface area contributed by atoms with Gasteiger partial charge in [0.1, 0.15) is 23.4 Å². The van der Waals surface area contributed by atoms with Gasteiger partial charge in [-0.1, -0.05) is 0 Å². The Morgan fingerprint density at radius 2 is 1.65 bits per heavy atom. The number of carbonyl (C=O) groups excluding carboxylic acids is 1. The summed E-state index contributed by atoms with van der Waals surface area (Å²) >= 11 is 1.45. The van der Waals surface area contributed by atoms with E-state index in [4.69, 9.17) is 4.74 Å². The van der Waals surface area contributed by atoms with Crippen molar-refractivity contribution in [2.75, 3.05) is 20.1 Å². The average molecular weight is 432 g/mol. The zero-order valence-corrected chi connectivity index (χ0v) is 17.7. The van der Waals surface area contributed by atoms with Crippen molar-refractivity contribution >= 4 is 27.2 Å². The van der Waals surface area contributed by atoms with E-state index in [0.29, 0.717) is 11.1 Å². The number of likely N-dealkylation sites (N-methyl/N-ethyl adjacent to an activating group) is 1. The minimum Gasteiger partial charge on any atom is -0.508 e. The van der Waals surface area contributed by atoms with Crippen molar-refractivity contribution in [2.24, 2.45) is 0 Å². The van der Waals surface area contributed by atoms with E-state index < -0.39 is 0 Å². The highest BCUT2D eigenvalue weighted by Crippen LogP contribution is 2.41. The molecule has 2 N–H and O–H groups in total. The summed E-state index contributed by atoms with van der Waals surface area (Å²) in [5.41, 5.74) is 2.02. The summed E-state index contributed by atoms with van der Waals surface area (Å²) in [7, 11) is 2.05. The molecule has 1 fully saturated rings. The third-order valence-electron chi connectivity index (χ3n) is 5.48. The molecule has 156 valence electrons. The molecule has 0 spiro atoms. The fourth-order valence-electron chi connectivity index (χ4n) is 3.86. The van der Waals surface area contributed by atoms with Gasteiger partial charge >= 0.3 is 0 Å². The van der Waals surface area contributed by atoms with E-state index in [1.54, 1.807) is 54.6 Å². The Balaban J connectivity index is 1.53. The van der Waals surface area contributed by atoms with Crippen molar-refractivity contribution < 1.29 is 19.7 Å². The van der Waals surface area contributed by atoms with Crippen LogP contribution in [0.2, 0.25) is 0 Å². The first kappa shape index (κ1) is 19.6. The van der Waals surface area contributed by atoms with Gasteiger partial charge in [0, 0.05) is 39.2 Å². The SMILES string of the molecule is CN1CC(Oc2ccc(C(=O)c3c(-c4ccc(O)cc4)sc4cc(O)ccc34)cc2)C1. The highest BCUT2D eigenvalue weighted by Gasteiger charge is 2.25. The van der Waals surface area contributed by atoms with Crippen LogP contribution < -0.4 is 4.74 Å². The van der Waals surface area contributed by atoms with E-state index >= 15 is 0 Å². The molecule has 0 radical (unpaired) electrons. The summed E-state index contributed by atoms with van der Waals surface area (Å²) < 4.78 is 6.77. The lowest BCUT2D eigenvalue weighted by molar-refractivity contribution is 0.0388. The maximum absolute atomic E-state index is 13.6. The van der Waals surface area contributed by atoms with Crippen molar-refractivity contribution in [2.45, 2.75) is 6.10 Å². The number of carbonyl (C=O) groups is 1. The van der Waals surface area contributed by atoms with Gasteiger partial charge in [0.15, 0.2) is 5.78 Å². The zero-order valence-electron chi connectivity index (χ0n) is 16.9. The number of fused-ring (bicyclic) bond motifs is 1. The number of nitrogens with zero attached hydrogens (tertiary/aromatic N) is 1. The Kier molecular flexibility index (Phi) is 4.88. The maximum Gasteiger partial charge on any atom is 0.195 e. The first-order valence-corrected chi connectivity index (χ1v) is 10.8. The molecule has 0 aliphatic carbocycles. The molecule has 5 rings (SSSR count). The highest BCUT2D eigenvalue weighted by atomic mass is 32.1. The van der Waals surface area contributed by atoms with Crippen molar-refractivity contribution in [1.82, 2.24) is 4.90 Å². The van der Waals surface area contributed by atoms with Crippen molar-refractivity contribution in [3.8, 4) is 27.7 Å². The van der Waals surface area contributed by atoms with Crippen LogP contribution in [-0.4, -0.2) is 47.1 Å². The molecular formula is C25H21NO4S. The fraction of sp³-hybridized carbons (Fsp3) is 0.160. The van der Waals surface area contributed by atoms with Gasteiger partial charge in [0.25, 0.3) is 0 Å². The van der Waals surface area contributed by atoms with Crippen LogP contribution in [0.4, 0.5) is 0 Å². The predicted molar refractivity (Wildman–Crippen MR) is 122 cm³/mol. The largest absolute Gasteiger partial charge is 0.508 e. The third kappa shape index (κ3) is 3.76. The molecule has 5 nitrogen and oxygen atoms in total. The zero-order chi connectivity index (χ0) is 21.5. The minimum atomic E-state index is -0.0880.